The molecule has 6 nitrogen and oxygen atoms in total. The third-order valence-electron chi connectivity index (χ3n) is 5.63. The van der Waals surface area contributed by atoms with Crippen molar-refractivity contribution in [1.29, 1.82) is 0 Å². The highest BCUT2D eigenvalue weighted by Gasteiger charge is 2.35. The maximum atomic E-state index is 12.8. The first-order valence-electron chi connectivity index (χ1n) is 9.96. The van der Waals surface area contributed by atoms with Crippen LogP contribution in [0.3, 0.4) is 0 Å². The molecule has 1 unspecified atom stereocenters. The SMILES string of the molecule is Cc1cc(C)nc(Nc2ccc(C3CCCCN3C(=O)C3CCC3)cn2)n1. The predicted molar refractivity (Wildman–Crippen MR) is 105 cm³/mol. The molecule has 0 spiro atoms. The first-order valence-corrected chi connectivity index (χ1v) is 9.96. The van der Waals surface area contributed by atoms with Crippen molar-refractivity contribution in [3.63, 3.8) is 0 Å². The molecule has 3 heterocycles. The van der Waals surface area contributed by atoms with E-state index in [1.54, 1.807) is 0 Å². The Bertz CT molecular complexity index is 796. The summed E-state index contributed by atoms with van der Waals surface area (Å²) >= 11 is 0. The number of rotatable bonds is 4. The van der Waals surface area contributed by atoms with Gasteiger partial charge in [0.15, 0.2) is 0 Å². The molecule has 2 aliphatic rings. The van der Waals surface area contributed by atoms with Crippen molar-refractivity contribution >= 4 is 17.7 Å². The number of nitrogens with zero attached hydrogens (tertiary/aromatic N) is 4. The molecule has 6 heteroatoms. The largest absolute Gasteiger partial charge is 0.335 e. The summed E-state index contributed by atoms with van der Waals surface area (Å²) < 4.78 is 0. The number of carbonyl (C=O) groups is 1. The number of piperidine rings is 1. The topological polar surface area (TPSA) is 71.0 Å². The molecule has 1 aliphatic carbocycles. The molecule has 0 aromatic carbocycles. The van der Waals surface area contributed by atoms with Crippen molar-refractivity contribution < 1.29 is 4.79 Å². The molecule has 1 amide bonds. The van der Waals surface area contributed by atoms with Crippen molar-refractivity contribution in [2.45, 2.75) is 58.4 Å². The predicted octanol–water partition coefficient (Wildman–Crippen LogP) is 4.09. The van der Waals surface area contributed by atoms with E-state index in [0.29, 0.717) is 11.9 Å². The maximum absolute atomic E-state index is 12.8. The van der Waals surface area contributed by atoms with E-state index < -0.39 is 0 Å². The quantitative estimate of drug-likeness (QED) is 0.884. The molecule has 0 radical (unpaired) electrons. The van der Waals surface area contributed by atoms with Crippen LogP contribution in [0.1, 0.15) is 61.5 Å². The lowest BCUT2D eigenvalue weighted by Gasteiger charge is -2.40. The third kappa shape index (κ3) is 3.94. The summed E-state index contributed by atoms with van der Waals surface area (Å²) in [7, 11) is 0. The van der Waals surface area contributed by atoms with Crippen LogP contribution in [0.15, 0.2) is 24.4 Å². The number of carbonyl (C=O) groups excluding carboxylic acids is 1. The minimum Gasteiger partial charge on any atom is -0.335 e. The van der Waals surface area contributed by atoms with Gasteiger partial charge in [0.25, 0.3) is 0 Å². The van der Waals surface area contributed by atoms with Crippen LogP contribution in [0.5, 0.6) is 0 Å². The van der Waals surface area contributed by atoms with Gasteiger partial charge >= 0.3 is 0 Å². The van der Waals surface area contributed by atoms with Gasteiger partial charge in [-0.25, -0.2) is 15.0 Å². The Labute approximate surface area is 160 Å². The number of aryl methyl sites for hydroxylation is 2. The zero-order valence-corrected chi connectivity index (χ0v) is 16.1. The lowest BCUT2D eigenvalue weighted by molar-refractivity contribution is -0.142. The van der Waals surface area contributed by atoms with E-state index in [9.17, 15) is 4.79 Å². The van der Waals surface area contributed by atoms with Gasteiger partial charge in [0.05, 0.1) is 6.04 Å². The van der Waals surface area contributed by atoms with Gasteiger partial charge in [-0.05, 0) is 63.6 Å². The average molecular weight is 365 g/mol. The second-order valence-electron chi connectivity index (χ2n) is 7.75. The van der Waals surface area contributed by atoms with Gasteiger partial charge in [-0.1, -0.05) is 12.5 Å². The van der Waals surface area contributed by atoms with Crippen molar-refractivity contribution in [3.8, 4) is 0 Å². The minimum atomic E-state index is 0.158. The first-order chi connectivity index (χ1) is 13.1. The molecule has 2 aromatic rings. The Balaban J connectivity index is 1.49. The van der Waals surface area contributed by atoms with Gasteiger partial charge in [-0.3, -0.25) is 4.79 Å². The fourth-order valence-electron chi connectivity index (χ4n) is 4.00. The monoisotopic (exact) mass is 365 g/mol. The van der Waals surface area contributed by atoms with E-state index in [1.807, 2.05) is 32.2 Å². The van der Waals surface area contributed by atoms with Crippen LogP contribution in [-0.2, 0) is 4.79 Å². The van der Waals surface area contributed by atoms with Crippen molar-refractivity contribution in [3.05, 3.63) is 41.3 Å². The Hall–Kier alpha value is -2.50. The van der Waals surface area contributed by atoms with E-state index in [4.69, 9.17) is 0 Å². The summed E-state index contributed by atoms with van der Waals surface area (Å²) in [5.74, 6) is 1.88. The van der Waals surface area contributed by atoms with Gasteiger partial charge in [-0.15, -0.1) is 0 Å². The van der Waals surface area contributed by atoms with Crippen LogP contribution in [0.4, 0.5) is 11.8 Å². The van der Waals surface area contributed by atoms with Crippen LogP contribution >= 0.6 is 0 Å². The Morgan fingerprint density at radius 1 is 1.07 bits per heavy atom. The van der Waals surface area contributed by atoms with Crippen molar-refractivity contribution in [2.24, 2.45) is 5.92 Å². The van der Waals surface area contributed by atoms with E-state index in [0.717, 1.165) is 61.4 Å². The van der Waals surface area contributed by atoms with E-state index in [-0.39, 0.29) is 12.0 Å². The normalized spacial score (nSPS) is 20.2. The van der Waals surface area contributed by atoms with Crippen LogP contribution in [0.25, 0.3) is 0 Å². The Morgan fingerprint density at radius 2 is 1.85 bits per heavy atom. The molecule has 1 aliphatic heterocycles. The zero-order chi connectivity index (χ0) is 18.8. The highest BCUT2D eigenvalue weighted by Crippen LogP contribution is 2.36. The number of anilines is 2. The summed E-state index contributed by atoms with van der Waals surface area (Å²) in [6, 6.07) is 6.13. The average Bonchev–Trinajstić information content (AvgIpc) is 2.60. The number of hydrogen-bond donors (Lipinski definition) is 1. The number of amides is 1. The molecule has 1 saturated carbocycles. The molecule has 2 fully saturated rings. The molecule has 4 rings (SSSR count). The fraction of sp³-hybridized carbons (Fsp3) is 0.524. The molecule has 142 valence electrons. The standard InChI is InChI=1S/C21H27N5O/c1-14-12-15(2)24-21(23-14)25-19-10-9-17(13-22-19)18-8-3-4-11-26(18)20(27)16-6-5-7-16/h9-10,12-13,16,18H,3-8,11H2,1-2H3,(H,22,23,24,25). The summed E-state index contributed by atoms with van der Waals surface area (Å²) in [5, 5.41) is 3.17. The summed E-state index contributed by atoms with van der Waals surface area (Å²) in [4.78, 5) is 28.3. The highest BCUT2D eigenvalue weighted by molar-refractivity contribution is 5.80. The van der Waals surface area contributed by atoms with Gasteiger partial charge in [-0.2, -0.15) is 0 Å². The van der Waals surface area contributed by atoms with Crippen LogP contribution < -0.4 is 5.32 Å². The molecular weight excluding hydrogens is 338 g/mol. The van der Waals surface area contributed by atoms with Gasteiger partial charge in [0, 0.05) is 30.0 Å². The third-order valence-corrected chi connectivity index (χ3v) is 5.63. The Morgan fingerprint density at radius 3 is 2.48 bits per heavy atom. The maximum Gasteiger partial charge on any atom is 0.228 e. The smallest absolute Gasteiger partial charge is 0.228 e. The lowest BCUT2D eigenvalue weighted by atomic mass is 9.83. The second-order valence-corrected chi connectivity index (χ2v) is 7.75. The molecule has 27 heavy (non-hydrogen) atoms. The number of aromatic nitrogens is 3. The van der Waals surface area contributed by atoms with Crippen LogP contribution in [0.2, 0.25) is 0 Å². The van der Waals surface area contributed by atoms with Gasteiger partial charge in [0.2, 0.25) is 11.9 Å². The van der Waals surface area contributed by atoms with E-state index in [1.165, 1.54) is 6.42 Å². The van der Waals surface area contributed by atoms with Crippen molar-refractivity contribution in [2.75, 3.05) is 11.9 Å². The summed E-state index contributed by atoms with van der Waals surface area (Å²) in [5.41, 5.74) is 2.97. The molecule has 1 atom stereocenters. The van der Waals surface area contributed by atoms with Gasteiger partial charge in [0.1, 0.15) is 5.82 Å². The fourth-order valence-corrected chi connectivity index (χ4v) is 4.00. The lowest BCUT2D eigenvalue weighted by Crippen LogP contribution is -2.43. The Kier molecular flexibility index (Phi) is 5.05. The number of likely N-dealkylation sites (tertiary alicyclic amines) is 1. The van der Waals surface area contributed by atoms with Crippen molar-refractivity contribution in [1.82, 2.24) is 19.9 Å². The number of nitrogens with one attached hydrogen (secondary N) is 1. The minimum absolute atomic E-state index is 0.158. The summed E-state index contributed by atoms with van der Waals surface area (Å²) in [6.45, 7) is 4.77. The highest BCUT2D eigenvalue weighted by atomic mass is 16.2. The number of pyridine rings is 1. The molecular formula is C21H27N5O. The van der Waals surface area contributed by atoms with Crippen LogP contribution in [0, 0.1) is 19.8 Å². The zero-order valence-electron chi connectivity index (χ0n) is 16.1. The molecule has 1 N–H and O–H groups in total. The molecule has 0 bridgehead atoms. The second kappa shape index (κ2) is 7.62. The summed E-state index contributed by atoms with van der Waals surface area (Å²) in [6.07, 6.45) is 8.48. The van der Waals surface area contributed by atoms with Crippen LogP contribution in [-0.4, -0.2) is 32.3 Å². The van der Waals surface area contributed by atoms with E-state index in [2.05, 4.69) is 31.2 Å². The molecule has 1 saturated heterocycles. The first kappa shape index (κ1) is 17.9. The molecule has 2 aromatic heterocycles. The van der Waals surface area contributed by atoms with Gasteiger partial charge < -0.3 is 10.2 Å². The van der Waals surface area contributed by atoms with E-state index >= 15 is 0 Å². The number of hydrogen-bond acceptors (Lipinski definition) is 5.